The largest absolute Gasteiger partial charge is 0.458 e. The number of esters is 2. The van der Waals surface area contributed by atoms with E-state index < -0.39 is 24.5 Å². The van der Waals surface area contributed by atoms with Crippen LogP contribution < -0.4 is 5.32 Å². The molecule has 7 heteroatoms. The number of carbonyl (C=O) groups is 3. The second kappa shape index (κ2) is 11.3. The van der Waals surface area contributed by atoms with Gasteiger partial charge in [-0.05, 0) is 67.0 Å². The fourth-order valence-electron chi connectivity index (χ4n) is 4.23. The molecule has 0 aromatic heterocycles. The molecule has 6 nitrogen and oxygen atoms in total. The van der Waals surface area contributed by atoms with E-state index in [9.17, 15) is 14.4 Å². The highest BCUT2D eigenvalue weighted by Gasteiger charge is 2.34. The van der Waals surface area contributed by atoms with Crippen LogP contribution in [0.15, 0.2) is 48.5 Å². The summed E-state index contributed by atoms with van der Waals surface area (Å²) >= 11 is 5.83. The number of halogens is 1. The predicted molar refractivity (Wildman–Crippen MR) is 127 cm³/mol. The molecule has 1 aliphatic carbocycles. The lowest BCUT2D eigenvalue weighted by atomic mass is 9.75. The van der Waals surface area contributed by atoms with Crippen LogP contribution in [-0.2, 0) is 14.3 Å². The summed E-state index contributed by atoms with van der Waals surface area (Å²) in [6.07, 6.45) is 2.77. The first-order valence-electron chi connectivity index (χ1n) is 11.3. The topological polar surface area (TPSA) is 81.7 Å². The highest BCUT2D eigenvalue weighted by molar-refractivity contribution is 6.30. The Labute approximate surface area is 199 Å². The van der Waals surface area contributed by atoms with Gasteiger partial charge in [0.2, 0.25) is 0 Å². The molecule has 1 N–H and O–H groups in total. The molecule has 1 aliphatic rings. The molecule has 3 atom stereocenters. The normalized spacial score (nSPS) is 20.2. The molecule has 33 heavy (non-hydrogen) atoms. The third-order valence-electron chi connectivity index (χ3n) is 6.05. The van der Waals surface area contributed by atoms with Crippen molar-refractivity contribution in [1.82, 2.24) is 0 Å². The summed E-state index contributed by atoms with van der Waals surface area (Å²) in [5.74, 6) is -0.626. The quantitative estimate of drug-likeness (QED) is 0.519. The third-order valence-corrected chi connectivity index (χ3v) is 6.30. The van der Waals surface area contributed by atoms with Crippen LogP contribution in [0.1, 0.15) is 60.7 Å². The van der Waals surface area contributed by atoms with Crippen LogP contribution >= 0.6 is 11.6 Å². The lowest BCUT2D eigenvalue weighted by Gasteiger charge is -2.36. The average Bonchev–Trinajstić information content (AvgIpc) is 2.79. The van der Waals surface area contributed by atoms with Crippen LogP contribution in [-0.4, -0.2) is 30.6 Å². The van der Waals surface area contributed by atoms with Gasteiger partial charge >= 0.3 is 11.9 Å². The van der Waals surface area contributed by atoms with Crippen molar-refractivity contribution in [3.8, 4) is 0 Å². The van der Waals surface area contributed by atoms with Crippen molar-refractivity contribution >= 4 is 35.1 Å². The predicted octanol–water partition coefficient (Wildman–Crippen LogP) is 5.75. The van der Waals surface area contributed by atoms with Gasteiger partial charge in [-0.1, -0.05) is 50.9 Å². The fourth-order valence-corrected chi connectivity index (χ4v) is 4.36. The molecule has 1 amide bonds. The summed E-state index contributed by atoms with van der Waals surface area (Å²) in [7, 11) is 0. The first kappa shape index (κ1) is 24.8. The molecule has 0 unspecified atom stereocenters. The first-order chi connectivity index (χ1) is 15.7. The van der Waals surface area contributed by atoms with Crippen molar-refractivity contribution in [2.24, 2.45) is 17.8 Å². The molecule has 0 saturated heterocycles. The van der Waals surface area contributed by atoms with E-state index >= 15 is 0 Å². The summed E-state index contributed by atoms with van der Waals surface area (Å²) in [4.78, 5) is 37.8. The molecule has 3 rings (SSSR count). The van der Waals surface area contributed by atoms with Gasteiger partial charge in [-0.2, -0.15) is 0 Å². The van der Waals surface area contributed by atoms with Crippen LogP contribution in [0.5, 0.6) is 0 Å². The number of rotatable bonds is 7. The highest BCUT2D eigenvalue weighted by Crippen LogP contribution is 2.35. The molecule has 176 valence electrons. The highest BCUT2D eigenvalue weighted by atomic mass is 35.5. The SMILES string of the molecule is CC(C)[C@@H]1CC[C@@H](C)C[C@@H]1OC(=O)c1ccccc1C(=O)OCC(=O)Nc1ccc(Cl)cc1. The fraction of sp³-hybridized carbons (Fsp3) is 0.423. The van der Waals surface area contributed by atoms with E-state index in [0.717, 1.165) is 19.3 Å². The summed E-state index contributed by atoms with van der Waals surface area (Å²) in [6.45, 7) is 5.96. The number of hydrogen-bond donors (Lipinski definition) is 1. The van der Waals surface area contributed by atoms with Crippen LogP contribution in [0.3, 0.4) is 0 Å². The minimum Gasteiger partial charge on any atom is -0.458 e. The summed E-state index contributed by atoms with van der Waals surface area (Å²) in [5, 5.41) is 3.17. The van der Waals surface area contributed by atoms with E-state index in [0.29, 0.717) is 28.5 Å². The van der Waals surface area contributed by atoms with Crippen LogP contribution in [0.25, 0.3) is 0 Å². The maximum Gasteiger partial charge on any atom is 0.339 e. The zero-order chi connectivity index (χ0) is 24.0. The molecule has 2 aromatic rings. The van der Waals surface area contributed by atoms with Gasteiger partial charge < -0.3 is 14.8 Å². The van der Waals surface area contributed by atoms with Crippen molar-refractivity contribution in [2.75, 3.05) is 11.9 Å². The van der Waals surface area contributed by atoms with Gasteiger partial charge in [0.25, 0.3) is 5.91 Å². The van der Waals surface area contributed by atoms with Gasteiger partial charge in [-0.15, -0.1) is 0 Å². The standard InChI is InChI=1S/C26H30ClNO5/c1-16(2)20-13-8-17(3)14-23(20)33-26(31)22-7-5-4-6-21(22)25(30)32-15-24(29)28-19-11-9-18(27)10-12-19/h4-7,9-12,16-17,20,23H,8,13-15H2,1-3H3,(H,28,29)/t17-,20+,23+/m1/s1. The number of hydrogen-bond acceptors (Lipinski definition) is 5. The second-order valence-electron chi connectivity index (χ2n) is 8.95. The Balaban J connectivity index is 1.63. The molecular weight excluding hydrogens is 442 g/mol. The molecular formula is C26H30ClNO5. The minimum absolute atomic E-state index is 0.0757. The van der Waals surface area contributed by atoms with Crippen LogP contribution in [0, 0.1) is 17.8 Å². The molecule has 1 saturated carbocycles. The van der Waals surface area contributed by atoms with E-state index in [1.54, 1.807) is 42.5 Å². The van der Waals surface area contributed by atoms with Gasteiger partial charge in [0, 0.05) is 10.7 Å². The second-order valence-corrected chi connectivity index (χ2v) is 9.38. The smallest absolute Gasteiger partial charge is 0.339 e. The maximum absolute atomic E-state index is 13.0. The average molecular weight is 472 g/mol. The minimum atomic E-state index is -0.758. The van der Waals surface area contributed by atoms with E-state index in [4.69, 9.17) is 21.1 Å². The van der Waals surface area contributed by atoms with Crippen molar-refractivity contribution in [3.05, 3.63) is 64.7 Å². The Morgan fingerprint density at radius 3 is 2.27 bits per heavy atom. The number of carbonyl (C=O) groups excluding carboxylic acids is 3. The Morgan fingerprint density at radius 2 is 1.64 bits per heavy atom. The third kappa shape index (κ3) is 6.81. The number of benzene rings is 2. The van der Waals surface area contributed by atoms with Gasteiger partial charge in [0.05, 0.1) is 11.1 Å². The molecule has 1 fully saturated rings. The summed E-state index contributed by atoms with van der Waals surface area (Å²) in [5.41, 5.74) is 0.749. The van der Waals surface area contributed by atoms with E-state index in [1.807, 2.05) is 0 Å². The van der Waals surface area contributed by atoms with Crippen LogP contribution in [0.2, 0.25) is 5.02 Å². The van der Waals surface area contributed by atoms with Crippen molar-refractivity contribution in [3.63, 3.8) is 0 Å². The van der Waals surface area contributed by atoms with E-state index in [1.165, 1.54) is 6.07 Å². The number of amides is 1. The molecule has 0 spiro atoms. The van der Waals surface area contributed by atoms with Crippen LogP contribution in [0.4, 0.5) is 5.69 Å². The summed E-state index contributed by atoms with van der Waals surface area (Å²) < 4.78 is 11.0. The van der Waals surface area contributed by atoms with Crippen molar-refractivity contribution in [2.45, 2.75) is 46.1 Å². The Kier molecular flexibility index (Phi) is 8.50. The number of nitrogens with one attached hydrogen (secondary N) is 1. The number of ether oxygens (including phenoxy) is 2. The number of anilines is 1. The molecule has 0 radical (unpaired) electrons. The zero-order valence-electron chi connectivity index (χ0n) is 19.2. The molecule has 0 bridgehead atoms. The van der Waals surface area contributed by atoms with Gasteiger partial charge in [0.1, 0.15) is 6.10 Å². The Bertz CT molecular complexity index is 988. The van der Waals surface area contributed by atoms with E-state index in [-0.39, 0.29) is 17.2 Å². The molecule has 0 aliphatic heterocycles. The van der Waals surface area contributed by atoms with Gasteiger partial charge in [0.15, 0.2) is 6.61 Å². The van der Waals surface area contributed by atoms with Crippen molar-refractivity contribution < 1.29 is 23.9 Å². The maximum atomic E-state index is 13.0. The first-order valence-corrected chi connectivity index (χ1v) is 11.6. The molecule has 0 heterocycles. The Hall–Kier alpha value is -2.86. The van der Waals surface area contributed by atoms with E-state index in [2.05, 4.69) is 26.1 Å². The van der Waals surface area contributed by atoms with Gasteiger partial charge in [-0.25, -0.2) is 9.59 Å². The molecule has 2 aromatic carbocycles. The lowest BCUT2D eigenvalue weighted by molar-refractivity contribution is -0.119. The summed E-state index contributed by atoms with van der Waals surface area (Å²) in [6, 6.07) is 12.9. The lowest BCUT2D eigenvalue weighted by Crippen LogP contribution is -2.36. The van der Waals surface area contributed by atoms with Gasteiger partial charge in [-0.3, -0.25) is 4.79 Å². The van der Waals surface area contributed by atoms with Crippen molar-refractivity contribution in [1.29, 1.82) is 0 Å². The Morgan fingerprint density at radius 1 is 1.00 bits per heavy atom. The monoisotopic (exact) mass is 471 g/mol. The zero-order valence-corrected chi connectivity index (χ0v) is 19.9.